The molecule has 1 aliphatic rings. The molecule has 26 heavy (non-hydrogen) atoms. The van der Waals surface area contributed by atoms with Gasteiger partial charge >= 0.3 is 0 Å². The predicted octanol–water partition coefficient (Wildman–Crippen LogP) is 2.80. The molecule has 0 bridgehead atoms. The number of aromatic nitrogens is 2. The molecule has 138 valence electrons. The number of non-ortho nitro benzene ring substituents is 1. The summed E-state index contributed by atoms with van der Waals surface area (Å²) in [5.41, 5.74) is 0.514. The summed E-state index contributed by atoms with van der Waals surface area (Å²) in [4.78, 5) is 24.9. The Kier molecular flexibility index (Phi) is 5.53. The van der Waals surface area contributed by atoms with Crippen LogP contribution in [0.25, 0.3) is 5.69 Å². The molecule has 0 radical (unpaired) electrons. The highest BCUT2D eigenvalue weighted by Crippen LogP contribution is 2.26. The molecule has 0 unspecified atom stereocenters. The highest BCUT2D eigenvalue weighted by Gasteiger charge is 2.23. The van der Waals surface area contributed by atoms with E-state index in [9.17, 15) is 14.9 Å². The minimum Gasteiger partial charge on any atom is -0.378 e. The standard InChI is InChI=1S/C17H19ClN4O4/c1-2-26-14-7-9-20(10-8-14)15-11-19-21(17(23)16(15)18)12-3-5-13(6-4-12)22(24)25/h3-6,11,14H,2,7-10H2,1H3. The maximum atomic E-state index is 12.6. The molecule has 8 nitrogen and oxygen atoms in total. The Bertz CT molecular complexity index is 845. The Labute approximate surface area is 155 Å². The Morgan fingerprint density at radius 1 is 1.31 bits per heavy atom. The van der Waals surface area contributed by atoms with E-state index >= 15 is 0 Å². The van der Waals surface area contributed by atoms with E-state index in [0.29, 0.717) is 18.0 Å². The smallest absolute Gasteiger partial charge is 0.292 e. The molecular weight excluding hydrogens is 360 g/mol. The number of piperidine rings is 1. The van der Waals surface area contributed by atoms with Crippen molar-refractivity contribution in [1.82, 2.24) is 9.78 Å². The molecule has 1 aromatic carbocycles. The molecule has 1 saturated heterocycles. The van der Waals surface area contributed by atoms with Crippen LogP contribution in [0.4, 0.5) is 11.4 Å². The summed E-state index contributed by atoms with van der Waals surface area (Å²) in [5, 5.41) is 15.0. The van der Waals surface area contributed by atoms with Gasteiger partial charge in [0, 0.05) is 31.8 Å². The molecule has 1 fully saturated rings. The molecule has 2 heterocycles. The van der Waals surface area contributed by atoms with Crippen LogP contribution in [0, 0.1) is 10.1 Å². The number of ether oxygens (including phenoxy) is 1. The van der Waals surface area contributed by atoms with E-state index in [-0.39, 0.29) is 16.8 Å². The number of hydrogen-bond acceptors (Lipinski definition) is 6. The fourth-order valence-electron chi connectivity index (χ4n) is 3.04. The van der Waals surface area contributed by atoms with Gasteiger partial charge in [-0.3, -0.25) is 14.9 Å². The topological polar surface area (TPSA) is 90.5 Å². The van der Waals surface area contributed by atoms with Crippen LogP contribution >= 0.6 is 11.6 Å². The third-order valence-electron chi connectivity index (χ3n) is 4.39. The highest BCUT2D eigenvalue weighted by molar-refractivity contribution is 6.33. The van der Waals surface area contributed by atoms with E-state index in [1.807, 2.05) is 11.8 Å². The van der Waals surface area contributed by atoms with Gasteiger partial charge in [0.05, 0.1) is 28.6 Å². The highest BCUT2D eigenvalue weighted by atomic mass is 35.5. The normalized spacial score (nSPS) is 15.2. The first-order chi connectivity index (χ1) is 12.5. The largest absolute Gasteiger partial charge is 0.378 e. The van der Waals surface area contributed by atoms with Gasteiger partial charge in [0.15, 0.2) is 0 Å². The Hall–Kier alpha value is -2.45. The first kappa shape index (κ1) is 18.3. The average Bonchev–Trinajstić information content (AvgIpc) is 2.65. The van der Waals surface area contributed by atoms with Crippen LogP contribution in [0.15, 0.2) is 35.3 Å². The van der Waals surface area contributed by atoms with Crippen LogP contribution in [-0.2, 0) is 4.74 Å². The summed E-state index contributed by atoms with van der Waals surface area (Å²) in [7, 11) is 0. The van der Waals surface area contributed by atoms with Crippen molar-refractivity contribution in [2.24, 2.45) is 0 Å². The van der Waals surface area contributed by atoms with E-state index in [0.717, 1.165) is 30.6 Å². The summed E-state index contributed by atoms with van der Waals surface area (Å²) >= 11 is 6.31. The maximum Gasteiger partial charge on any atom is 0.292 e. The zero-order chi connectivity index (χ0) is 18.7. The van der Waals surface area contributed by atoms with Crippen molar-refractivity contribution in [3.8, 4) is 5.69 Å². The lowest BCUT2D eigenvalue weighted by atomic mass is 10.1. The van der Waals surface area contributed by atoms with Crippen molar-refractivity contribution >= 4 is 23.0 Å². The fraction of sp³-hybridized carbons (Fsp3) is 0.412. The van der Waals surface area contributed by atoms with E-state index in [2.05, 4.69) is 5.10 Å². The minimum atomic E-state index is -0.498. The van der Waals surface area contributed by atoms with E-state index in [1.165, 1.54) is 24.3 Å². The molecular formula is C17H19ClN4O4. The number of nitro groups is 1. The van der Waals surface area contributed by atoms with Crippen molar-refractivity contribution in [2.45, 2.75) is 25.9 Å². The summed E-state index contributed by atoms with van der Waals surface area (Å²) in [5.74, 6) is 0. The summed E-state index contributed by atoms with van der Waals surface area (Å²) < 4.78 is 6.78. The first-order valence-corrected chi connectivity index (χ1v) is 8.78. The number of hydrogen-bond donors (Lipinski definition) is 0. The first-order valence-electron chi connectivity index (χ1n) is 8.40. The van der Waals surface area contributed by atoms with Gasteiger partial charge in [0.2, 0.25) is 0 Å². The minimum absolute atomic E-state index is 0.0540. The number of nitro benzene ring substituents is 1. The third kappa shape index (κ3) is 3.71. The number of rotatable bonds is 5. The van der Waals surface area contributed by atoms with Gasteiger partial charge in [-0.15, -0.1) is 0 Å². The summed E-state index contributed by atoms with van der Waals surface area (Å²) in [6, 6.07) is 5.58. The van der Waals surface area contributed by atoms with Gasteiger partial charge < -0.3 is 9.64 Å². The molecule has 0 saturated carbocycles. The zero-order valence-corrected chi connectivity index (χ0v) is 15.1. The molecule has 1 aliphatic heterocycles. The number of benzene rings is 1. The predicted molar refractivity (Wildman–Crippen MR) is 98.4 cm³/mol. The van der Waals surface area contributed by atoms with Crippen molar-refractivity contribution < 1.29 is 9.66 Å². The van der Waals surface area contributed by atoms with Crippen LogP contribution in [0.2, 0.25) is 5.02 Å². The molecule has 2 aromatic rings. The molecule has 0 spiro atoms. The lowest BCUT2D eigenvalue weighted by Gasteiger charge is -2.33. The maximum absolute atomic E-state index is 12.6. The molecule has 0 amide bonds. The average molecular weight is 379 g/mol. The number of anilines is 1. The quantitative estimate of drug-likeness (QED) is 0.587. The molecule has 3 rings (SSSR count). The Morgan fingerprint density at radius 3 is 2.54 bits per heavy atom. The lowest BCUT2D eigenvalue weighted by Crippen LogP contribution is -2.38. The van der Waals surface area contributed by atoms with E-state index in [4.69, 9.17) is 16.3 Å². The van der Waals surface area contributed by atoms with Crippen molar-refractivity contribution in [3.05, 3.63) is 56.0 Å². The van der Waals surface area contributed by atoms with Crippen LogP contribution in [0.1, 0.15) is 19.8 Å². The van der Waals surface area contributed by atoms with Crippen molar-refractivity contribution in [3.63, 3.8) is 0 Å². The number of halogens is 1. The lowest BCUT2D eigenvalue weighted by molar-refractivity contribution is -0.384. The third-order valence-corrected chi connectivity index (χ3v) is 4.75. The zero-order valence-electron chi connectivity index (χ0n) is 14.3. The SMILES string of the molecule is CCOC1CCN(c2cnn(-c3ccc([N+](=O)[O-])cc3)c(=O)c2Cl)CC1. The van der Waals surface area contributed by atoms with Crippen LogP contribution in [0.5, 0.6) is 0 Å². The van der Waals surface area contributed by atoms with E-state index < -0.39 is 10.5 Å². The molecule has 0 atom stereocenters. The van der Waals surface area contributed by atoms with Gasteiger partial charge in [0.1, 0.15) is 5.02 Å². The van der Waals surface area contributed by atoms with Gasteiger partial charge in [-0.1, -0.05) is 11.6 Å². The fourth-order valence-corrected chi connectivity index (χ4v) is 3.29. The Morgan fingerprint density at radius 2 is 1.96 bits per heavy atom. The summed E-state index contributed by atoms with van der Waals surface area (Å²) in [6.07, 6.45) is 3.54. The second-order valence-corrected chi connectivity index (χ2v) is 6.35. The molecule has 0 aliphatic carbocycles. The molecule has 1 aromatic heterocycles. The second kappa shape index (κ2) is 7.84. The van der Waals surface area contributed by atoms with Crippen LogP contribution in [0.3, 0.4) is 0 Å². The van der Waals surface area contributed by atoms with Gasteiger partial charge in [0.25, 0.3) is 11.2 Å². The second-order valence-electron chi connectivity index (χ2n) is 5.98. The number of nitrogens with zero attached hydrogens (tertiary/aromatic N) is 4. The molecule has 9 heteroatoms. The van der Waals surface area contributed by atoms with Gasteiger partial charge in [-0.2, -0.15) is 9.78 Å². The van der Waals surface area contributed by atoms with Gasteiger partial charge in [-0.05, 0) is 31.9 Å². The van der Waals surface area contributed by atoms with Crippen LogP contribution < -0.4 is 10.5 Å². The van der Waals surface area contributed by atoms with Crippen molar-refractivity contribution in [2.75, 3.05) is 24.6 Å². The van der Waals surface area contributed by atoms with Gasteiger partial charge in [-0.25, -0.2) is 0 Å². The molecule has 0 N–H and O–H groups in total. The Balaban J connectivity index is 1.83. The van der Waals surface area contributed by atoms with Crippen LogP contribution in [-0.4, -0.2) is 40.5 Å². The van der Waals surface area contributed by atoms with E-state index in [1.54, 1.807) is 6.20 Å². The van der Waals surface area contributed by atoms with Crippen molar-refractivity contribution in [1.29, 1.82) is 0 Å². The monoisotopic (exact) mass is 378 g/mol. The summed E-state index contributed by atoms with van der Waals surface area (Å²) in [6.45, 7) is 4.16.